The third kappa shape index (κ3) is 6.89. The van der Waals surface area contributed by atoms with Gasteiger partial charge in [-0.1, -0.05) is 23.7 Å². The van der Waals surface area contributed by atoms with E-state index in [1.807, 2.05) is 24.3 Å². The van der Waals surface area contributed by atoms with Crippen LogP contribution in [0.1, 0.15) is 53.6 Å². The Kier molecular flexibility index (Phi) is 9.03. The minimum atomic E-state index is -1.06. The summed E-state index contributed by atoms with van der Waals surface area (Å²) in [6.45, 7) is 0.424. The summed E-state index contributed by atoms with van der Waals surface area (Å²) in [7, 11) is 1.26. The molecule has 2 heterocycles. The average Bonchev–Trinajstić information content (AvgIpc) is 3.72. The molecule has 0 bridgehead atoms. The molecule has 1 unspecified atom stereocenters. The largest absolute Gasteiger partial charge is 0.490 e. The van der Waals surface area contributed by atoms with E-state index >= 15 is 0 Å². The second-order valence-corrected chi connectivity index (χ2v) is 12.2. The summed E-state index contributed by atoms with van der Waals surface area (Å²) in [5.41, 5.74) is 1.83. The smallest absolute Gasteiger partial charge is 0.412 e. The fraction of sp³-hybridized carbons (Fsp3) is 0.353. The summed E-state index contributed by atoms with van der Waals surface area (Å²) in [6, 6.07) is 18.1. The number of ether oxygens (including phenoxy) is 3. The number of halogens is 1. The standard InChI is InChI=1S/C34H35ClN4O7/c1-44-32(42)36-24-11-8-22(9-12-24)30(40)37-29(18-21-6-13-26(14-7-21)45-25-4-2-3-5-25)31(41)39-17-16-34(20-39)27-19-23(35)10-15-28(27)38-33(43)46-34/h6-15,19,25,29H,2-5,16-18,20H2,1H3,(H,36,42)(H,37,40)(H,38,43)/t29-,34?/m0/s1. The van der Waals surface area contributed by atoms with Crippen LogP contribution in [0, 0.1) is 0 Å². The summed E-state index contributed by atoms with van der Waals surface area (Å²) in [5, 5.41) is 8.65. The van der Waals surface area contributed by atoms with Gasteiger partial charge in [0.25, 0.3) is 5.91 Å². The molecule has 4 amide bonds. The molecule has 6 rings (SSSR count). The Morgan fingerprint density at radius 2 is 1.80 bits per heavy atom. The molecule has 1 spiro atoms. The highest BCUT2D eigenvalue weighted by atomic mass is 35.5. The summed E-state index contributed by atoms with van der Waals surface area (Å²) in [4.78, 5) is 53.2. The zero-order valence-corrected chi connectivity index (χ0v) is 26.1. The van der Waals surface area contributed by atoms with Gasteiger partial charge >= 0.3 is 12.2 Å². The van der Waals surface area contributed by atoms with Crippen LogP contribution in [0.5, 0.6) is 5.75 Å². The second-order valence-electron chi connectivity index (χ2n) is 11.8. The van der Waals surface area contributed by atoms with Crippen LogP contribution < -0.4 is 20.7 Å². The molecular formula is C34H35ClN4O7. The van der Waals surface area contributed by atoms with E-state index in [4.69, 9.17) is 21.1 Å². The lowest BCUT2D eigenvalue weighted by molar-refractivity contribution is -0.133. The Morgan fingerprint density at radius 3 is 2.52 bits per heavy atom. The number of benzene rings is 3. The molecule has 46 heavy (non-hydrogen) atoms. The predicted octanol–water partition coefficient (Wildman–Crippen LogP) is 5.87. The summed E-state index contributed by atoms with van der Waals surface area (Å²) in [6.07, 6.45) is 4.03. The van der Waals surface area contributed by atoms with Gasteiger partial charge in [0.15, 0.2) is 5.60 Å². The monoisotopic (exact) mass is 646 g/mol. The molecule has 1 saturated heterocycles. The number of likely N-dealkylation sites (tertiary alicyclic amines) is 1. The molecule has 2 aliphatic heterocycles. The Labute approximate surface area is 271 Å². The van der Waals surface area contributed by atoms with Gasteiger partial charge in [-0.25, -0.2) is 9.59 Å². The fourth-order valence-electron chi connectivity index (χ4n) is 6.32. The molecular weight excluding hydrogens is 612 g/mol. The Morgan fingerprint density at radius 1 is 1.07 bits per heavy atom. The third-order valence-corrected chi connectivity index (χ3v) is 8.93. The van der Waals surface area contributed by atoms with Crippen molar-refractivity contribution in [3.63, 3.8) is 0 Å². The van der Waals surface area contributed by atoms with Crippen molar-refractivity contribution in [2.24, 2.45) is 0 Å². The van der Waals surface area contributed by atoms with Gasteiger partial charge in [0.05, 0.1) is 25.4 Å². The molecule has 0 aromatic heterocycles. The van der Waals surface area contributed by atoms with Crippen LogP contribution in [-0.4, -0.2) is 61.2 Å². The molecule has 1 saturated carbocycles. The van der Waals surface area contributed by atoms with Gasteiger partial charge in [-0.15, -0.1) is 0 Å². The minimum absolute atomic E-state index is 0.112. The van der Waals surface area contributed by atoms with E-state index in [0.717, 1.165) is 24.2 Å². The van der Waals surface area contributed by atoms with Crippen molar-refractivity contribution in [2.75, 3.05) is 30.8 Å². The molecule has 3 aliphatic rings. The average molecular weight is 647 g/mol. The number of hydrogen-bond acceptors (Lipinski definition) is 7. The number of anilines is 2. The maximum absolute atomic E-state index is 14.2. The molecule has 3 N–H and O–H groups in total. The van der Waals surface area contributed by atoms with Gasteiger partial charge in [-0.05, 0) is 85.8 Å². The lowest BCUT2D eigenvalue weighted by Gasteiger charge is -2.35. The number of hydrogen-bond donors (Lipinski definition) is 3. The molecule has 2 atom stereocenters. The highest BCUT2D eigenvalue weighted by Gasteiger charge is 2.49. The normalized spacial score (nSPS) is 19.5. The van der Waals surface area contributed by atoms with Gasteiger partial charge in [0.2, 0.25) is 5.91 Å². The number of amides is 4. The first-order valence-corrected chi connectivity index (χ1v) is 15.7. The highest BCUT2D eigenvalue weighted by Crippen LogP contribution is 2.44. The van der Waals surface area contributed by atoms with E-state index in [0.29, 0.717) is 40.5 Å². The van der Waals surface area contributed by atoms with Crippen molar-refractivity contribution in [3.05, 3.63) is 88.4 Å². The number of carbonyl (C=O) groups is 4. The van der Waals surface area contributed by atoms with Crippen molar-refractivity contribution < 1.29 is 33.4 Å². The maximum Gasteiger partial charge on any atom is 0.412 e. The molecule has 0 radical (unpaired) electrons. The van der Waals surface area contributed by atoms with Crippen LogP contribution in [0.3, 0.4) is 0 Å². The first-order chi connectivity index (χ1) is 22.2. The van der Waals surface area contributed by atoms with E-state index in [9.17, 15) is 19.2 Å². The second kappa shape index (κ2) is 13.3. The van der Waals surface area contributed by atoms with E-state index in [1.165, 1.54) is 20.0 Å². The molecule has 12 heteroatoms. The van der Waals surface area contributed by atoms with Gasteiger partial charge < -0.3 is 24.4 Å². The zero-order valence-electron chi connectivity index (χ0n) is 25.3. The molecule has 3 aromatic rings. The lowest BCUT2D eigenvalue weighted by Crippen LogP contribution is -2.50. The first-order valence-electron chi connectivity index (χ1n) is 15.3. The van der Waals surface area contributed by atoms with Crippen LogP contribution >= 0.6 is 11.6 Å². The predicted molar refractivity (Wildman–Crippen MR) is 171 cm³/mol. The van der Waals surface area contributed by atoms with Crippen LogP contribution in [0.15, 0.2) is 66.7 Å². The van der Waals surface area contributed by atoms with E-state index < -0.39 is 29.7 Å². The van der Waals surface area contributed by atoms with Crippen molar-refractivity contribution in [1.29, 1.82) is 0 Å². The molecule has 240 valence electrons. The number of rotatable bonds is 8. The van der Waals surface area contributed by atoms with Gasteiger partial charge in [0, 0.05) is 41.2 Å². The van der Waals surface area contributed by atoms with Crippen molar-refractivity contribution in [2.45, 2.75) is 56.3 Å². The third-order valence-electron chi connectivity index (χ3n) is 8.69. The summed E-state index contributed by atoms with van der Waals surface area (Å²) in [5.74, 6) is 0.0110. The Bertz CT molecular complexity index is 1630. The zero-order chi connectivity index (χ0) is 32.3. The van der Waals surface area contributed by atoms with E-state index in [1.54, 1.807) is 47.4 Å². The topological polar surface area (TPSA) is 135 Å². The number of nitrogens with one attached hydrogen (secondary N) is 3. The molecule has 11 nitrogen and oxygen atoms in total. The SMILES string of the molecule is COC(=O)Nc1ccc(C(=O)N[C@@H](Cc2ccc(OC3CCCC3)cc2)C(=O)N2CCC3(C2)OC(=O)Nc2ccc(Cl)cc23)cc1. The lowest BCUT2D eigenvalue weighted by atomic mass is 9.90. The molecule has 1 aliphatic carbocycles. The first kappa shape index (κ1) is 31.2. The van der Waals surface area contributed by atoms with Crippen molar-refractivity contribution in [1.82, 2.24) is 10.2 Å². The number of fused-ring (bicyclic) bond motifs is 2. The Hall–Kier alpha value is -4.77. The fourth-order valence-corrected chi connectivity index (χ4v) is 6.49. The number of nitrogens with zero attached hydrogens (tertiary/aromatic N) is 1. The highest BCUT2D eigenvalue weighted by molar-refractivity contribution is 6.30. The van der Waals surface area contributed by atoms with Crippen LogP contribution in [0.2, 0.25) is 5.02 Å². The summed E-state index contributed by atoms with van der Waals surface area (Å²) >= 11 is 6.30. The van der Waals surface area contributed by atoms with E-state index in [-0.39, 0.29) is 25.0 Å². The Balaban J connectivity index is 1.21. The minimum Gasteiger partial charge on any atom is -0.490 e. The number of carbonyl (C=O) groups excluding carboxylic acids is 4. The van der Waals surface area contributed by atoms with Crippen molar-refractivity contribution in [3.8, 4) is 5.75 Å². The van der Waals surface area contributed by atoms with E-state index in [2.05, 4.69) is 20.7 Å². The van der Waals surface area contributed by atoms with Crippen LogP contribution in [0.25, 0.3) is 0 Å². The molecule has 3 aromatic carbocycles. The van der Waals surface area contributed by atoms with Gasteiger partial charge in [-0.2, -0.15) is 0 Å². The van der Waals surface area contributed by atoms with Gasteiger partial charge in [-0.3, -0.25) is 20.2 Å². The molecule has 2 fully saturated rings. The maximum atomic E-state index is 14.2. The van der Waals surface area contributed by atoms with Crippen molar-refractivity contribution >= 4 is 47.0 Å². The summed E-state index contributed by atoms with van der Waals surface area (Å²) < 4.78 is 16.5. The van der Waals surface area contributed by atoms with Crippen LogP contribution in [-0.2, 0) is 26.3 Å². The number of methoxy groups -OCH3 is 1. The quantitative estimate of drug-likeness (QED) is 0.279. The van der Waals surface area contributed by atoms with Gasteiger partial charge in [0.1, 0.15) is 11.8 Å². The van der Waals surface area contributed by atoms with Crippen LogP contribution in [0.4, 0.5) is 21.0 Å².